The summed E-state index contributed by atoms with van der Waals surface area (Å²) in [5, 5.41) is 0.000442. The summed E-state index contributed by atoms with van der Waals surface area (Å²) in [6.45, 7) is 14.4. The lowest BCUT2D eigenvalue weighted by molar-refractivity contribution is -0.0121. The van der Waals surface area contributed by atoms with Crippen LogP contribution in [-0.2, 0) is 14.6 Å². The summed E-state index contributed by atoms with van der Waals surface area (Å²) < 4.78 is 33.5. The largest absolute Gasteiger partial charge is 0.500 e. The molecule has 0 saturated heterocycles. The normalized spacial score (nSPS) is 36.3. The van der Waals surface area contributed by atoms with Crippen LogP contribution in [0.3, 0.4) is 0 Å². The second-order valence-electron chi connectivity index (χ2n) is 11.6. The minimum Gasteiger partial charge on any atom is -0.500 e. The number of hydrogen-bond acceptors (Lipinski definition) is 3. The third kappa shape index (κ3) is 3.76. The number of sulfone groups is 1. The summed E-state index contributed by atoms with van der Waals surface area (Å²) in [5.41, 5.74) is 3.45. The van der Waals surface area contributed by atoms with Crippen LogP contribution in [0.2, 0.25) is 0 Å². The third-order valence-corrected chi connectivity index (χ3v) is 12.7. The Labute approximate surface area is 224 Å². The summed E-state index contributed by atoms with van der Waals surface area (Å²) in [5.74, 6) is 1.97. The van der Waals surface area contributed by atoms with E-state index in [9.17, 15) is 8.42 Å². The maximum atomic E-state index is 13.9. The van der Waals surface area contributed by atoms with Crippen molar-refractivity contribution >= 4 is 25.8 Å². The highest BCUT2D eigenvalue weighted by molar-refractivity contribution is 9.09. The fraction of sp³-hybridized carbons (Fsp3) is 0.567. The molecule has 0 aromatic heterocycles. The number of fused-ring (bicyclic) bond motifs is 5. The van der Waals surface area contributed by atoms with Gasteiger partial charge < -0.3 is 9.58 Å². The van der Waals surface area contributed by atoms with Crippen LogP contribution in [0.15, 0.2) is 64.3 Å². The molecular formula is C30H36BrNO3S. The molecule has 192 valence electrons. The lowest BCUT2D eigenvalue weighted by atomic mass is 9.48. The van der Waals surface area contributed by atoms with Crippen LogP contribution in [0.4, 0.5) is 0 Å². The molecule has 6 heteroatoms. The Balaban J connectivity index is 1.50. The van der Waals surface area contributed by atoms with E-state index in [2.05, 4.69) is 46.8 Å². The van der Waals surface area contributed by atoms with Crippen molar-refractivity contribution in [3.05, 3.63) is 76.4 Å². The maximum absolute atomic E-state index is 13.9. The Hall–Kier alpha value is -1.84. The number of ether oxygens (including phenoxy) is 1. The molecule has 7 atom stereocenters. The second kappa shape index (κ2) is 9.17. The van der Waals surface area contributed by atoms with Gasteiger partial charge in [0.25, 0.3) is 6.04 Å². The molecule has 2 unspecified atom stereocenters. The van der Waals surface area contributed by atoms with Crippen molar-refractivity contribution in [2.24, 2.45) is 28.6 Å². The van der Waals surface area contributed by atoms with Crippen LogP contribution < -0.4 is 0 Å². The number of halogens is 1. The van der Waals surface area contributed by atoms with Gasteiger partial charge in [-0.3, -0.25) is 0 Å². The molecule has 36 heavy (non-hydrogen) atoms. The number of nitrogens with zero attached hydrogens (tertiary/aromatic N) is 1. The number of allylic oxidation sites excluding steroid dienone is 4. The minimum absolute atomic E-state index is 0.0570. The Morgan fingerprint density at radius 1 is 1.14 bits per heavy atom. The predicted molar refractivity (Wildman–Crippen MR) is 147 cm³/mol. The number of methoxy groups -OCH3 is 1. The van der Waals surface area contributed by atoms with Crippen LogP contribution in [0, 0.1) is 42.1 Å². The van der Waals surface area contributed by atoms with E-state index in [1.807, 2.05) is 25.1 Å². The van der Waals surface area contributed by atoms with Crippen molar-refractivity contribution in [2.45, 2.75) is 69.1 Å². The number of alkyl halides is 1. The van der Waals surface area contributed by atoms with Crippen molar-refractivity contribution in [1.82, 2.24) is 0 Å². The average molecular weight is 571 g/mol. The first-order chi connectivity index (χ1) is 17.1. The molecule has 1 aromatic rings. The topological polar surface area (TPSA) is 47.7 Å². The van der Waals surface area contributed by atoms with Gasteiger partial charge in [0, 0.05) is 5.57 Å². The highest BCUT2D eigenvalue weighted by atomic mass is 79.9. The molecule has 4 aliphatic carbocycles. The third-order valence-electron chi connectivity index (χ3n) is 10.0. The quantitative estimate of drug-likeness (QED) is 0.216. The van der Waals surface area contributed by atoms with Crippen LogP contribution in [0.1, 0.15) is 51.5 Å². The SMILES string of the molecule is [C-]#[N+]C(CBr)C1=CC[C@H]2[C@@H]3CC=C4C=C(OC)C(S(=O)(=O)c5ccc(C)cc5)C[C@]4(C)[C@H]3CC[C@]12C. The van der Waals surface area contributed by atoms with E-state index in [4.69, 9.17) is 11.3 Å². The van der Waals surface area contributed by atoms with Gasteiger partial charge in [-0.1, -0.05) is 59.6 Å². The Kier molecular flexibility index (Phi) is 6.57. The minimum atomic E-state index is -3.59. The van der Waals surface area contributed by atoms with E-state index in [1.165, 1.54) is 11.1 Å². The van der Waals surface area contributed by atoms with Crippen LogP contribution >= 0.6 is 15.9 Å². The zero-order chi connectivity index (χ0) is 25.9. The maximum Gasteiger partial charge on any atom is 0.254 e. The first kappa shape index (κ1) is 25.8. The van der Waals surface area contributed by atoms with Crippen molar-refractivity contribution in [3.63, 3.8) is 0 Å². The first-order valence-corrected chi connectivity index (χ1v) is 15.7. The molecule has 0 amide bonds. The van der Waals surface area contributed by atoms with Crippen molar-refractivity contribution in [3.8, 4) is 0 Å². The van der Waals surface area contributed by atoms with Crippen LogP contribution in [0.25, 0.3) is 4.85 Å². The Morgan fingerprint density at radius 3 is 2.50 bits per heavy atom. The molecular weight excluding hydrogens is 534 g/mol. The van der Waals surface area contributed by atoms with E-state index in [1.54, 1.807) is 19.2 Å². The van der Waals surface area contributed by atoms with Gasteiger partial charge >= 0.3 is 0 Å². The molecule has 0 heterocycles. The average Bonchev–Trinajstić information content (AvgIpc) is 3.21. The second-order valence-corrected chi connectivity index (χ2v) is 14.4. The van der Waals surface area contributed by atoms with Gasteiger partial charge in [0.2, 0.25) is 0 Å². The standard InChI is InChI=1S/C30H36BrNO3S/c1-19-6-9-21(10-7-19)36(33,34)28-17-30(3)20(16-27(28)35-5)8-11-22-23-12-13-25(26(18-31)32-4)29(23,2)15-14-24(22)30/h6-10,13,16,22-24,26,28H,11-12,14-15,17-18H2,1-3,5H3/t22-,23-,24-,26?,28?,29-,30-/m0/s1. The van der Waals surface area contributed by atoms with Gasteiger partial charge in [-0.15, -0.1) is 0 Å². The molecule has 0 N–H and O–H groups in total. The Morgan fingerprint density at radius 2 is 1.86 bits per heavy atom. The van der Waals surface area contributed by atoms with Crippen LogP contribution in [-0.4, -0.2) is 32.1 Å². The van der Waals surface area contributed by atoms with E-state index in [-0.39, 0.29) is 16.9 Å². The number of aryl methyl sites for hydroxylation is 1. The summed E-state index contributed by atoms with van der Waals surface area (Å²) in [4.78, 5) is 4.30. The van der Waals surface area contributed by atoms with E-state index < -0.39 is 15.1 Å². The summed E-state index contributed by atoms with van der Waals surface area (Å²) in [6, 6.07) is 7.10. The van der Waals surface area contributed by atoms with Gasteiger partial charge in [0.1, 0.15) is 11.0 Å². The fourth-order valence-electron chi connectivity index (χ4n) is 7.99. The molecule has 1 fully saturated rings. The number of benzene rings is 1. The summed E-state index contributed by atoms with van der Waals surface area (Å²) in [7, 11) is -2.00. The lowest BCUT2D eigenvalue weighted by Crippen LogP contribution is -2.51. The molecule has 0 aliphatic heterocycles. The zero-order valence-electron chi connectivity index (χ0n) is 21.6. The van der Waals surface area contributed by atoms with Crippen molar-refractivity contribution < 1.29 is 13.2 Å². The monoisotopic (exact) mass is 569 g/mol. The first-order valence-electron chi connectivity index (χ1n) is 13.0. The number of hydrogen-bond donors (Lipinski definition) is 0. The highest BCUT2D eigenvalue weighted by Gasteiger charge is 2.59. The van der Waals surface area contributed by atoms with Crippen molar-refractivity contribution in [1.29, 1.82) is 0 Å². The molecule has 0 spiro atoms. The van der Waals surface area contributed by atoms with Gasteiger partial charge in [-0.25, -0.2) is 15.0 Å². The van der Waals surface area contributed by atoms with Crippen LogP contribution in [0.5, 0.6) is 0 Å². The predicted octanol–water partition coefficient (Wildman–Crippen LogP) is 7.07. The fourth-order valence-corrected chi connectivity index (χ4v) is 10.4. The van der Waals surface area contributed by atoms with Gasteiger partial charge in [0.05, 0.1) is 17.3 Å². The molecule has 1 aromatic carbocycles. The lowest BCUT2D eigenvalue weighted by Gasteiger charge is -2.57. The molecule has 0 radical (unpaired) electrons. The molecule has 4 aliphatic rings. The van der Waals surface area contributed by atoms with Gasteiger partial charge in [-0.05, 0) is 91.4 Å². The molecule has 1 saturated carbocycles. The van der Waals surface area contributed by atoms with Gasteiger partial charge in [0.15, 0.2) is 9.84 Å². The molecule has 5 rings (SSSR count). The number of rotatable bonds is 5. The summed E-state index contributed by atoms with van der Waals surface area (Å²) in [6.07, 6.45) is 11.4. The molecule has 0 bridgehead atoms. The van der Waals surface area contributed by atoms with Crippen molar-refractivity contribution in [2.75, 3.05) is 12.4 Å². The van der Waals surface area contributed by atoms with E-state index >= 15 is 0 Å². The molecule has 4 nitrogen and oxygen atoms in total. The summed E-state index contributed by atoms with van der Waals surface area (Å²) >= 11 is 3.57. The Bertz CT molecular complexity index is 1290. The van der Waals surface area contributed by atoms with Gasteiger partial charge in [-0.2, -0.15) is 0 Å². The highest BCUT2D eigenvalue weighted by Crippen LogP contribution is 2.65. The zero-order valence-corrected chi connectivity index (χ0v) is 24.0. The van der Waals surface area contributed by atoms with E-state index in [0.717, 1.165) is 31.2 Å². The smallest absolute Gasteiger partial charge is 0.254 e. The van der Waals surface area contributed by atoms with E-state index in [0.29, 0.717) is 40.2 Å².